The van der Waals surface area contributed by atoms with E-state index in [1.54, 1.807) is 13.2 Å². The first-order valence-electron chi connectivity index (χ1n) is 10.3. The molecule has 12 heteroatoms. The van der Waals surface area contributed by atoms with E-state index in [-0.39, 0.29) is 23.2 Å². The van der Waals surface area contributed by atoms with Gasteiger partial charge in [-0.05, 0) is 76.6 Å². The fourth-order valence-electron chi connectivity index (χ4n) is 2.82. The molecule has 2 heterocycles. The molecule has 0 saturated heterocycles. The summed E-state index contributed by atoms with van der Waals surface area (Å²) in [4.78, 5) is 34.9. The molecule has 0 spiro atoms. The van der Waals surface area contributed by atoms with E-state index in [9.17, 15) is 13.8 Å². The first kappa shape index (κ1) is 27.9. The molecule has 0 bridgehead atoms. The van der Waals surface area contributed by atoms with Crippen molar-refractivity contribution in [3.8, 4) is 0 Å². The largest absolute Gasteiger partial charge is 0.465 e. The molecule has 2 rings (SSSR count). The van der Waals surface area contributed by atoms with Crippen molar-refractivity contribution in [1.29, 1.82) is 0 Å². The second kappa shape index (κ2) is 11.9. The van der Waals surface area contributed by atoms with Crippen molar-refractivity contribution in [3.05, 3.63) is 36.1 Å². The molecule has 0 aliphatic carbocycles. The van der Waals surface area contributed by atoms with Gasteiger partial charge >= 0.3 is 5.97 Å². The van der Waals surface area contributed by atoms with Crippen molar-refractivity contribution >= 4 is 61.7 Å². The minimum atomic E-state index is -1.44. The number of nitrogens with zero attached hydrogens (tertiary/aromatic N) is 4. The van der Waals surface area contributed by atoms with Crippen LogP contribution in [0.3, 0.4) is 0 Å². The summed E-state index contributed by atoms with van der Waals surface area (Å²) in [6.45, 7) is 11.2. The highest BCUT2D eigenvalue weighted by Crippen LogP contribution is 2.24. The van der Waals surface area contributed by atoms with E-state index < -0.39 is 21.7 Å². The summed E-state index contributed by atoms with van der Waals surface area (Å²) < 4.78 is 23.4. The van der Waals surface area contributed by atoms with Gasteiger partial charge in [-0.3, -0.25) is 14.2 Å². The maximum Gasteiger partial charge on any atom is 0.326 e. The van der Waals surface area contributed by atoms with Crippen LogP contribution < -0.4 is 5.56 Å². The van der Waals surface area contributed by atoms with Crippen molar-refractivity contribution in [2.75, 3.05) is 12.9 Å². The van der Waals surface area contributed by atoms with E-state index in [0.29, 0.717) is 29.4 Å². The predicted octanol–water partition coefficient (Wildman–Crippen LogP) is 4.25. The van der Waals surface area contributed by atoms with Gasteiger partial charge in [-0.25, -0.2) is 14.2 Å². The summed E-state index contributed by atoms with van der Waals surface area (Å²) in [5.41, 5.74) is 1.72. The Hall–Kier alpha value is -1.37. The molecule has 0 radical (unpaired) electrons. The number of ether oxygens (including phenoxy) is 1. The highest BCUT2D eigenvalue weighted by Gasteiger charge is 2.23. The molecule has 2 aromatic rings. The molecule has 0 N–H and O–H groups in total. The molecule has 0 aromatic carbocycles. The Kier molecular flexibility index (Phi) is 10.0. The maximum absolute atomic E-state index is 13.0. The fraction of sp³-hybridized carbons (Fsp3) is 0.571. The lowest BCUT2D eigenvalue weighted by Crippen LogP contribution is -2.29. The molecule has 0 aliphatic rings. The Morgan fingerprint density at radius 1 is 1.30 bits per heavy atom. The number of thioether (sulfide) groups is 1. The number of halogens is 1. The van der Waals surface area contributed by atoms with Gasteiger partial charge in [-0.2, -0.15) is 4.40 Å². The van der Waals surface area contributed by atoms with E-state index in [0.717, 1.165) is 15.6 Å². The van der Waals surface area contributed by atoms with Gasteiger partial charge in [-0.15, -0.1) is 11.3 Å². The summed E-state index contributed by atoms with van der Waals surface area (Å²) in [5, 5.41) is 1.33. The normalized spacial score (nSPS) is 13.3. The van der Waals surface area contributed by atoms with Crippen LogP contribution in [0.4, 0.5) is 0 Å². The molecule has 1 atom stereocenters. The van der Waals surface area contributed by atoms with Crippen LogP contribution in [0.15, 0.2) is 18.8 Å². The van der Waals surface area contributed by atoms with Gasteiger partial charge in [0.15, 0.2) is 5.16 Å². The van der Waals surface area contributed by atoms with Crippen LogP contribution in [0.25, 0.3) is 0 Å². The van der Waals surface area contributed by atoms with Crippen LogP contribution in [-0.2, 0) is 33.5 Å². The second-order valence-corrected chi connectivity index (χ2v) is 12.8. The second-order valence-electron chi connectivity index (χ2n) is 8.10. The van der Waals surface area contributed by atoms with Gasteiger partial charge in [0.25, 0.3) is 5.56 Å². The molecule has 0 aliphatic heterocycles. The van der Waals surface area contributed by atoms with Crippen LogP contribution in [0.5, 0.6) is 0 Å². The van der Waals surface area contributed by atoms with Crippen LogP contribution in [0.2, 0.25) is 0 Å². The SMILES string of the molecule is CCOC(=O)Cn1c(SC)nc(CC/C(=N/[S@](=O)C(C)(C)C)c2sc(C)nc2C)c(Br)c1=O. The van der Waals surface area contributed by atoms with E-state index in [4.69, 9.17) is 4.74 Å². The first-order valence-corrected chi connectivity index (χ1v) is 14.3. The van der Waals surface area contributed by atoms with Gasteiger partial charge in [0.1, 0.15) is 22.0 Å². The Morgan fingerprint density at radius 2 is 1.97 bits per heavy atom. The Labute approximate surface area is 213 Å². The average molecular weight is 578 g/mol. The number of thiazole rings is 1. The Bertz CT molecular complexity index is 1140. The third-order valence-corrected chi connectivity index (χ3v) is 8.43. The van der Waals surface area contributed by atoms with Gasteiger partial charge < -0.3 is 4.74 Å². The van der Waals surface area contributed by atoms with Gasteiger partial charge in [0, 0.05) is 0 Å². The van der Waals surface area contributed by atoms with Crippen molar-refractivity contribution in [2.45, 2.75) is 70.8 Å². The number of esters is 1. The topological polar surface area (TPSA) is 104 Å². The number of hydrogen-bond acceptors (Lipinski definition) is 8. The van der Waals surface area contributed by atoms with Gasteiger partial charge in [-0.1, -0.05) is 11.8 Å². The van der Waals surface area contributed by atoms with Crippen LogP contribution in [0.1, 0.15) is 55.4 Å². The summed E-state index contributed by atoms with van der Waals surface area (Å²) in [6, 6.07) is 0. The Balaban J connectivity index is 2.43. The van der Waals surface area contributed by atoms with E-state index in [2.05, 4.69) is 30.3 Å². The highest BCUT2D eigenvalue weighted by atomic mass is 79.9. The average Bonchev–Trinajstić information content (AvgIpc) is 3.07. The molecule has 0 saturated carbocycles. The van der Waals surface area contributed by atoms with E-state index in [1.165, 1.54) is 27.7 Å². The fourth-order valence-corrected chi connectivity index (χ4v) is 5.55. The lowest BCUT2D eigenvalue weighted by atomic mass is 10.1. The van der Waals surface area contributed by atoms with Crippen molar-refractivity contribution in [3.63, 3.8) is 0 Å². The van der Waals surface area contributed by atoms with E-state index in [1.807, 2.05) is 34.6 Å². The zero-order chi connectivity index (χ0) is 24.9. The molecule has 33 heavy (non-hydrogen) atoms. The lowest BCUT2D eigenvalue weighted by Gasteiger charge is -2.16. The number of carbonyl (C=O) groups excluding carboxylic acids is 1. The molecule has 0 fully saturated rings. The zero-order valence-corrected chi connectivity index (χ0v) is 23.9. The molecule has 2 aromatic heterocycles. The summed E-state index contributed by atoms with van der Waals surface area (Å²) in [5.74, 6) is -0.494. The van der Waals surface area contributed by atoms with Crippen molar-refractivity contribution in [1.82, 2.24) is 14.5 Å². The summed E-state index contributed by atoms with van der Waals surface area (Å²) >= 11 is 6.15. The number of carbonyl (C=O) groups is 1. The third kappa shape index (κ3) is 7.30. The molecule has 0 amide bonds. The van der Waals surface area contributed by atoms with Crippen molar-refractivity contribution in [2.24, 2.45) is 4.40 Å². The third-order valence-electron chi connectivity index (χ3n) is 4.40. The van der Waals surface area contributed by atoms with E-state index >= 15 is 0 Å². The minimum absolute atomic E-state index is 0.203. The molecule has 182 valence electrons. The first-order chi connectivity index (χ1) is 15.4. The predicted molar refractivity (Wildman–Crippen MR) is 139 cm³/mol. The maximum atomic E-state index is 13.0. The summed E-state index contributed by atoms with van der Waals surface area (Å²) in [7, 11) is -1.44. The van der Waals surface area contributed by atoms with Crippen LogP contribution in [0, 0.1) is 13.8 Å². The lowest BCUT2D eigenvalue weighted by molar-refractivity contribution is -0.144. The Morgan fingerprint density at radius 3 is 2.48 bits per heavy atom. The highest BCUT2D eigenvalue weighted by molar-refractivity contribution is 9.10. The number of hydrogen-bond donors (Lipinski definition) is 0. The smallest absolute Gasteiger partial charge is 0.326 e. The summed E-state index contributed by atoms with van der Waals surface area (Å²) in [6.07, 6.45) is 2.63. The number of aryl methyl sites for hydroxylation is 3. The number of aromatic nitrogens is 3. The number of rotatable bonds is 9. The molecule has 0 unspecified atom stereocenters. The molecular weight excluding hydrogens is 548 g/mol. The molecular formula is C21H29BrN4O4S3. The van der Waals surface area contributed by atoms with Gasteiger partial charge in [0.2, 0.25) is 0 Å². The van der Waals surface area contributed by atoms with Crippen LogP contribution >= 0.6 is 39.0 Å². The monoisotopic (exact) mass is 576 g/mol. The van der Waals surface area contributed by atoms with Crippen molar-refractivity contribution < 1.29 is 13.7 Å². The molecule has 8 nitrogen and oxygen atoms in total. The minimum Gasteiger partial charge on any atom is -0.465 e. The zero-order valence-electron chi connectivity index (χ0n) is 19.9. The van der Waals surface area contributed by atoms with Gasteiger partial charge in [0.05, 0.1) is 38.3 Å². The quantitative estimate of drug-likeness (QED) is 0.190. The standard InChI is InChI=1S/C21H29BrN4O4S3/c1-8-30-16(27)11-26-19(28)17(22)14(24-20(26)31-7)9-10-15(25-33(29)21(4,5)6)18-12(2)23-13(3)32-18/h8-11H2,1-7H3/b25-15-/t33-/m1/s1. The van der Waals surface area contributed by atoms with Crippen LogP contribution in [-0.4, -0.2) is 48.0 Å².